The van der Waals surface area contributed by atoms with Crippen molar-refractivity contribution >= 4 is 17.5 Å². The molecule has 2 aliphatic heterocycles. The van der Waals surface area contributed by atoms with Crippen molar-refractivity contribution in [2.45, 2.75) is 32.5 Å². The number of anilines is 2. The SMILES string of the molecule is CC#CCN1c2c(n(CCn3cccc3)c(=O)n(C)c2=O)N(OC(=O)C(F)(F)F)C1N1CCNCC1. The maximum Gasteiger partial charge on any atom is 0.493 e. The van der Waals surface area contributed by atoms with Crippen LogP contribution in [0.2, 0.25) is 0 Å². The number of carbonyl (C=O) groups is 1. The number of fused-ring (bicyclic) bond motifs is 1. The smallest absolute Gasteiger partial charge is 0.352 e. The molecule has 0 bridgehead atoms. The van der Waals surface area contributed by atoms with Crippen LogP contribution in [0.1, 0.15) is 6.92 Å². The van der Waals surface area contributed by atoms with Crippen LogP contribution in [0, 0.1) is 11.8 Å². The Labute approximate surface area is 204 Å². The second-order valence-corrected chi connectivity index (χ2v) is 8.28. The molecule has 1 fully saturated rings. The van der Waals surface area contributed by atoms with E-state index in [1.165, 1.54) is 11.9 Å². The first-order valence-corrected chi connectivity index (χ1v) is 11.3. The summed E-state index contributed by atoms with van der Waals surface area (Å²) in [5, 5.41) is 3.90. The van der Waals surface area contributed by atoms with Gasteiger partial charge in [0.05, 0.1) is 6.54 Å². The number of piperazine rings is 1. The van der Waals surface area contributed by atoms with Gasteiger partial charge in [-0.25, -0.2) is 9.59 Å². The van der Waals surface area contributed by atoms with Crippen molar-refractivity contribution in [1.82, 2.24) is 23.9 Å². The molecule has 2 aromatic heterocycles. The molecule has 0 radical (unpaired) electrons. The number of aromatic nitrogens is 3. The number of nitrogens with zero attached hydrogens (tertiary/aromatic N) is 6. The minimum Gasteiger partial charge on any atom is -0.352 e. The Hall–Kier alpha value is -3.70. The molecule has 36 heavy (non-hydrogen) atoms. The third-order valence-corrected chi connectivity index (χ3v) is 6.04. The van der Waals surface area contributed by atoms with Crippen molar-refractivity contribution in [1.29, 1.82) is 0 Å². The van der Waals surface area contributed by atoms with Crippen molar-refractivity contribution in [3.63, 3.8) is 0 Å². The molecule has 0 aliphatic carbocycles. The van der Waals surface area contributed by atoms with E-state index in [0.717, 1.165) is 14.2 Å². The molecule has 1 atom stereocenters. The summed E-state index contributed by atoms with van der Waals surface area (Å²) < 4.78 is 43.8. The first-order valence-electron chi connectivity index (χ1n) is 11.3. The molecule has 0 amide bonds. The van der Waals surface area contributed by atoms with Crippen LogP contribution in [0.4, 0.5) is 24.7 Å². The lowest BCUT2D eigenvalue weighted by Crippen LogP contribution is -2.61. The summed E-state index contributed by atoms with van der Waals surface area (Å²) in [6.45, 7) is 3.68. The van der Waals surface area contributed by atoms with Crippen molar-refractivity contribution in [3.05, 3.63) is 45.4 Å². The molecular formula is C22H26F3N7O4. The van der Waals surface area contributed by atoms with Gasteiger partial charge in [0.15, 0.2) is 17.8 Å². The fourth-order valence-corrected chi connectivity index (χ4v) is 4.32. The van der Waals surface area contributed by atoms with Crippen LogP contribution >= 0.6 is 0 Å². The lowest BCUT2D eigenvalue weighted by Gasteiger charge is -2.40. The average molecular weight is 509 g/mol. The van der Waals surface area contributed by atoms with Crippen molar-refractivity contribution in [2.75, 3.05) is 42.7 Å². The summed E-state index contributed by atoms with van der Waals surface area (Å²) in [5.41, 5.74) is -1.54. The Morgan fingerprint density at radius 3 is 2.44 bits per heavy atom. The van der Waals surface area contributed by atoms with Gasteiger partial charge in [0.1, 0.15) is 0 Å². The third-order valence-electron chi connectivity index (χ3n) is 6.04. The Balaban J connectivity index is 1.91. The lowest BCUT2D eigenvalue weighted by atomic mass is 10.3. The second-order valence-electron chi connectivity index (χ2n) is 8.28. The first kappa shape index (κ1) is 25.4. The van der Waals surface area contributed by atoms with Crippen LogP contribution in [0.5, 0.6) is 0 Å². The maximum atomic E-state index is 13.3. The average Bonchev–Trinajstić information content (AvgIpc) is 3.48. The molecule has 0 saturated carbocycles. The predicted octanol–water partition coefficient (Wildman–Crippen LogP) is -0.0923. The van der Waals surface area contributed by atoms with Crippen molar-refractivity contribution in [2.24, 2.45) is 7.05 Å². The fraction of sp³-hybridized carbons (Fsp3) is 0.500. The first-order chi connectivity index (χ1) is 17.1. The third kappa shape index (κ3) is 4.71. The number of carbonyl (C=O) groups excluding carboxylic acids is 1. The van der Waals surface area contributed by atoms with Crippen molar-refractivity contribution in [3.8, 4) is 11.8 Å². The number of hydrogen-bond donors (Lipinski definition) is 1. The largest absolute Gasteiger partial charge is 0.493 e. The molecule has 2 aromatic rings. The number of hydroxylamine groups is 1. The van der Waals surface area contributed by atoms with E-state index in [1.54, 1.807) is 40.9 Å². The van der Waals surface area contributed by atoms with E-state index in [2.05, 4.69) is 17.2 Å². The molecular weight excluding hydrogens is 483 g/mol. The molecule has 0 aromatic carbocycles. The number of aryl methyl sites for hydroxylation is 1. The Morgan fingerprint density at radius 2 is 1.83 bits per heavy atom. The van der Waals surface area contributed by atoms with Crippen LogP contribution in [-0.2, 0) is 29.8 Å². The van der Waals surface area contributed by atoms with E-state index >= 15 is 0 Å². The summed E-state index contributed by atoms with van der Waals surface area (Å²) in [5.74, 6) is 2.90. The molecule has 1 saturated heterocycles. The minimum absolute atomic E-state index is 0.00556. The minimum atomic E-state index is -5.29. The summed E-state index contributed by atoms with van der Waals surface area (Å²) in [7, 11) is 1.30. The monoisotopic (exact) mass is 509 g/mol. The highest BCUT2D eigenvalue weighted by molar-refractivity contribution is 5.80. The molecule has 2 aliphatic rings. The maximum absolute atomic E-state index is 13.3. The van der Waals surface area contributed by atoms with Crippen LogP contribution in [0.25, 0.3) is 0 Å². The number of nitrogens with one attached hydrogen (secondary N) is 1. The van der Waals surface area contributed by atoms with E-state index < -0.39 is 29.7 Å². The van der Waals surface area contributed by atoms with Gasteiger partial charge in [-0.1, -0.05) is 5.92 Å². The summed E-state index contributed by atoms with van der Waals surface area (Å²) in [4.78, 5) is 46.7. The number of alkyl halides is 3. The van der Waals surface area contributed by atoms with Crippen LogP contribution < -0.4 is 26.5 Å². The summed E-state index contributed by atoms with van der Waals surface area (Å²) >= 11 is 0. The van der Waals surface area contributed by atoms with Gasteiger partial charge in [-0.05, 0) is 19.1 Å². The van der Waals surface area contributed by atoms with Crippen molar-refractivity contribution < 1.29 is 22.8 Å². The summed E-state index contributed by atoms with van der Waals surface area (Å²) in [6, 6.07) is 3.58. The Morgan fingerprint density at radius 1 is 1.17 bits per heavy atom. The van der Waals surface area contributed by atoms with Gasteiger partial charge in [-0.2, -0.15) is 13.2 Å². The number of rotatable bonds is 6. The molecule has 0 spiro atoms. The second kappa shape index (κ2) is 10.1. The number of halogens is 3. The normalized spacial score (nSPS) is 18.1. The highest BCUT2D eigenvalue weighted by atomic mass is 19.4. The van der Waals surface area contributed by atoms with E-state index in [4.69, 9.17) is 4.84 Å². The standard InChI is InChI=1S/C22H26F3N7O4/c1-3-4-11-30-16-17(31(21(35)27(2)18(16)33)15-14-28-9-5-6-10-28)32(36-19(34)22(23,24)25)20(30)29-12-7-26-8-13-29/h5-6,9-10,20,26H,7-8,11-15H2,1-2H3. The van der Waals surface area contributed by atoms with Gasteiger partial charge < -0.3 is 19.6 Å². The number of hydrogen-bond acceptors (Lipinski definition) is 8. The van der Waals surface area contributed by atoms with Crippen LogP contribution in [-0.4, -0.2) is 69.8 Å². The zero-order chi connectivity index (χ0) is 26.0. The predicted molar refractivity (Wildman–Crippen MR) is 124 cm³/mol. The summed E-state index contributed by atoms with van der Waals surface area (Å²) in [6.07, 6.45) is -2.87. The molecule has 1 unspecified atom stereocenters. The highest BCUT2D eigenvalue weighted by Gasteiger charge is 2.50. The molecule has 1 N–H and O–H groups in total. The van der Waals surface area contributed by atoms with E-state index in [1.807, 2.05) is 0 Å². The van der Waals surface area contributed by atoms with Gasteiger partial charge in [0.25, 0.3) is 5.56 Å². The van der Waals surface area contributed by atoms with Crippen LogP contribution in [0.15, 0.2) is 34.1 Å². The van der Waals surface area contributed by atoms with Gasteiger partial charge >= 0.3 is 17.8 Å². The Bertz CT molecular complexity index is 1280. The molecule has 194 valence electrons. The molecule has 4 rings (SSSR count). The zero-order valence-electron chi connectivity index (χ0n) is 19.8. The molecule has 11 nitrogen and oxygen atoms in total. The highest BCUT2D eigenvalue weighted by Crippen LogP contribution is 2.38. The lowest BCUT2D eigenvalue weighted by molar-refractivity contribution is -0.203. The fourth-order valence-electron chi connectivity index (χ4n) is 4.32. The van der Waals surface area contributed by atoms with Gasteiger partial charge in [0.2, 0.25) is 0 Å². The van der Waals surface area contributed by atoms with Gasteiger partial charge in [-0.3, -0.25) is 18.8 Å². The molecule has 14 heteroatoms. The zero-order valence-corrected chi connectivity index (χ0v) is 19.8. The van der Waals surface area contributed by atoms with E-state index in [-0.39, 0.29) is 31.1 Å². The Kier molecular flexibility index (Phi) is 7.14. The van der Waals surface area contributed by atoms with Crippen LogP contribution in [0.3, 0.4) is 0 Å². The molecule has 4 heterocycles. The van der Waals surface area contributed by atoms with E-state index in [9.17, 15) is 27.6 Å². The van der Waals surface area contributed by atoms with Gasteiger partial charge in [-0.15, -0.1) is 11.0 Å². The topological polar surface area (TPSA) is 97.0 Å². The van der Waals surface area contributed by atoms with Gasteiger partial charge in [0, 0.05) is 58.7 Å². The quantitative estimate of drug-likeness (QED) is 0.540. The van der Waals surface area contributed by atoms with E-state index in [0.29, 0.717) is 26.2 Å².